The van der Waals surface area contributed by atoms with Gasteiger partial charge in [0.25, 0.3) is 0 Å². The van der Waals surface area contributed by atoms with Gasteiger partial charge in [0.2, 0.25) is 5.91 Å². The van der Waals surface area contributed by atoms with Crippen LogP contribution >= 0.6 is 0 Å². The lowest BCUT2D eigenvalue weighted by molar-refractivity contribution is -0.124. The van der Waals surface area contributed by atoms with E-state index in [0.29, 0.717) is 12.5 Å². The van der Waals surface area contributed by atoms with Crippen molar-refractivity contribution in [1.82, 2.24) is 20.4 Å². The van der Waals surface area contributed by atoms with Crippen molar-refractivity contribution in [2.75, 3.05) is 13.1 Å². The predicted octanol–water partition coefficient (Wildman–Crippen LogP) is 0.857. The van der Waals surface area contributed by atoms with Crippen molar-refractivity contribution in [1.29, 1.82) is 0 Å². The molecule has 106 valence electrons. The molecule has 0 aromatic carbocycles. The second-order valence-corrected chi connectivity index (χ2v) is 5.37. The number of nitrogens with zero attached hydrogens (tertiary/aromatic N) is 2. The van der Waals surface area contributed by atoms with Gasteiger partial charge in [0.15, 0.2) is 0 Å². The first kappa shape index (κ1) is 14.1. The van der Waals surface area contributed by atoms with E-state index in [-0.39, 0.29) is 11.9 Å². The van der Waals surface area contributed by atoms with Crippen molar-refractivity contribution in [3.8, 4) is 0 Å². The van der Waals surface area contributed by atoms with Crippen LogP contribution in [0.3, 0.4) is 0 Å². The van der Waals surface area contributed by atoms with E-state index in [2.05, 4.69) is 22.7 Å². The van der Waals surface area contributed by atoms with Crippen LogP contribution < -0.4 is 10.6 Å². The molecule has 0 bridgehead atoms. The number of hydrogen-bond donors (Lipinski definition) is 2. The zero-order valence-electron chi connectivity index (χ0n) is 11.9. The van der Waals surface area contributed by atoms with Gasteiger partial charge in [-0.15, -0.1) is 0 Å². The Morgan fingerprint density at radius 1 is 1.63 bits per heavy atom. The van der Waals surface area contributed by atoms with Crippen LogP contribution in [0.2, 0.25) is 0 Å². The molecule has 0 aliphatic carbocycles. The standard InChI is InChI=1S/C14H24N4O/c1-3-11-4-6-15-13(8-11)14(19)16-7-5-12-9-17-18(2)10-12/h9-11,13,15H,3-8H2,1-2H3,(H,16,19). The number of carbonyl (C=O) groups is 1. The first-order valence-electron chi connectivity index (χ1n) is 7.17. The number of hydrogen-bond acceptors (Lipinski definition) is 3. The molecule has 5 heteroatoms. The molecule has 2 unspecified atom stereocenters. The van der Waals surface area contributed by atoms with E-state index in [1.54, 1.807) is 4.68 Å². The number of carbonyl (C=O) groups excluding carboxylic acids is 1. The summed E-state index contributed by atoms with van der Waals surface area (Å²) in [5.74, 6) is 0.831. The normalized spacial score (nSPS) is 23.3. The summed E-state index contributed by atoms with van der Waals surface area (Å²) in [5, 5.41) is 10.4. The van der Waals surface area contributed by atoms with Crippen LogP contribution in [0.4, 0.5) is 0 Å². The molecule has 2 rings (SSSR count). The van der Waals surface area contributed by atoms with Crippen LogP contribution in [0, 0.1) is 5.92 Å². The first-order valence-corrected chi connectivity index (χ1v) is 7.17. The van der Waals surface area contributed by atoms with E-state index < -0.39 is 0 Å². The number of piperidine rings is 1. The van der Waals surface area contributed by atoms with Crippen molar-refractivity contribution in [2.45, 2.75) is 38.6 Å². The Labute approximate surface area is 114 Å². The minimum Gasteiger partial charge on any atom is -0.354 e. The Kier molecular flexibility index (Phi) is 4.96. The van der Waals surface area contributed by atoms with Gasteiger partial charge in [-0.3, -0.25) is 9.48 Å². The molecule has 2 heterocycles. The largest absolute Gasteiger partial charge is 0.354 e. The van der Waals surface area contributed by atoms with Gasteiger partial charge in [-0.25, -0.2) is 0 Å². The molecule has 1 aromatic heterocycles. The Balaban J connectivity index is 1.72. The summed E-state index contributed by atoms with van der Waals surface area (Å²) < 4.78 is 1.78. The van der Waals surface area contributed by atoms with E-state index in [4.69, 9.17) is 0 Å². The van der Waals surface area contributed by atoms with Gasteiger partial charge in [0.1, 0.15) is 0 Å². The molecule has 2 N–H and O–H groups in total. The Morgan fingerprint density at radius 3 is 3.16 bits per heavy atom. The van der Waals surface area contributed by atoms with Crippen molar-refractivity contribution >= 4 is 5.91 Å². The van der Waals surface area contributed by atoms with Gasteiger partial charge in [-0.2, -0.15) is 5.10 Å². The summed E-state index contributed by atoms with van der Waals surface area (Å²) in [6.45, 7) is 3.84. The molecule has 0 spiro atoms. The minimum absolute atomic E-state index is 0.00685. The van der Waals surface area contributed by atoms with E-state index in [0.717, 1.165) is 24.9 Å². The van der Waals surface area contributed by atoms with Gasteiger partial charge in [0.05, 0.1) is 12.2 Å². The monoisotopic (exact) mass is 264 g/mol. The molecule has 1 aliphatic rings. The molecule has 19 heavy (non-hydrogen) atoms. The van der Waals surface area contributed by atoms with Crippen LogP contribution in [0.1, 0.15) is 31.7 Å². The number of aryl methyl sites for hydroxylation is 1. The van der Waals surface area contributed by atoms with E-state index in [1.807, 2.05) is 19.4 Å². The average molecular weight is 264 g/mol. The summed E-state index contributed by atoms with van der Waals surface area (Å²) in [6.07, 6.45) is 7.99. The molecule has 1 saturated heterocycles. The summed E-state index contributed by atoms with van der Waals surface area (Å²) in [5.41, 5.74) is 1.16. The van der Waals surface area contributed by atoms with Gasteiger partial charge < -0.3 is 10.6 Å². The highest BCUT2D eigenvalue weighted by Gasteiger charge is 2.25. The zero-order valence-corrected chi connectivity index (χ0v) is 11.9. The summed E-state index contributed by atoms with van der Waals surface area (Å²) in [4.78, 5) is 12.1. The van der Waals surface area contributed by atoms with Gasteiger partial charge >= 0.3 is 0 Å². The van der Waals surface area contributed by atoms with Crippen LogP contribution in [0.25, 0.3) is 0 Å². The van der Waals surface area contributed by atoms with Crippen molar-refractivity contribution in [2.24, 2.45) is 13.0 Å². The molecule has 1 aromatic rings. The van der Waals surface area contributed by atoms with Crippen LogP contribution in [-0.2, 0) is 18.3 Å². The van der Waals surface area contributed by atoms with Crippen molar-refractivity contribution in [3.05, 3.63) is 18.0 Å². The quantitative estimate of drug-likeness (QED) is 0.829. The Hall–Kier alpha value is -1.36. The highest BCUT2D eigenvalue weighted by Crippen LogP contribution is 2.19. The van der Waals surface area contributed by atoms with Gasteiger partial charge in [-0.05, 0) is 37.3 Å². The molecule has 1 amide bonds. The van der Waals surface area contributed by atoms with Crippen LogP contribution in [0.15, 0.2) is 12.4 Å². The lowest BCUT2D eigenvalue weighted by Crippen LogP contribution is -2.49. The SMILES string of the molecule is CCC1CCNC(C(=O)NCCc2cnn(C)c2)C1. The fourth-order valence-electron chi connectivity index (χ4n) is 2.62. The van der Waals surface area contributed by atoms with E-state index in [9.17, 15) is 4.79 Å². The second-order valence-electron chi connectivity index (χ2n) is 5.37. The maximum Gasteiger partial charge on any atom is 0.237 e. The third-order valence-corrected chi connectivity index (χ3v) is 3.88. The first-order chi connectivity index (χ1) is 9.19. The number of amides is 1. The zero-order chi connectivity index (χ0) is 13.7. The lowest BCUT2D eigenvalue weighted by Gasteiger charge is -2.28. The molecular formula is C14H24N4O. The van der Waals surface area contributed by atoms with Crippen molar-refractivity contribution in [3.63, 3.8) is 0 Å². The molecule has 1 fully saturated rings. The third kappa shape index (κ3) is 4.06. The average Bonchev–Trinajstić information content (AvgIpc) is 2.84. The Morgan fingerprint density at radius 2 is 2.47 bits per heavy atom. The van der Waals surface area contributed by atoms with Crippen molar-refractivity contribution < 1.29 is 4.79 Å². The number of nitrogens with one attached hydrogen (secondary N) is 2. The predicted molar refractivity (Wildman–Crippen MR) is 74.7 cm³/mol. The topological polar surface area (TPSA) is 59.0 Å². The molecule has 0 saturated carbocycles. The highest BCUT2D eigenvalue weighted by molar-refractivity contribution is 5.81. The Bertz CT molecular complexity index is 415. The molecule has 2 atom stereocenters. The fourth-order valence-corrected chi connectivity index (χ4v) is 2.62. The molecule has 0 radical (unpaired) electrons. The summed E-state index contributed by atoms with van der Waals surface area (Å²) in [6, 6.07) is -0.00685. The molecule has 5 nitrogen and oxygen atoms in total. The van der Waals surface area contributed by atoms with E-state index >= 15 is 0 Å². The second kappa shape index (κ2) is 6.70. The lowest BCUT2D eigenvalue weighted by atomic mass is 9.90. The fraction of sp³-hybridized carbons (Fsp3) is 0.714. The molecular weight excluding hydrogens is 240 g/mol. The molecule has 1 aliphatic heterocycles. The number of aromatic nitrogens is 2. The highest BCUT2D eigenvalue weighted by atomic mass is 16.2. The summed E-state index contributed by atoms with van der Waals surface area (Å²) in [7, 11) is 1.90. The third-order valence-electron chi connectivity index (χ3n) is 3.88. The van der Waals surface area contributed by atoms with Crippen LogP contribution in [-0.4, -0.2) is 34.8 Å². The summed E-state index contributed by atoms with van der Waals surface area (Å²) >= 11 is 0. The minimum atomic E-state index is -0.00685. The smallest absolute Gasteiger partial charge is 0.237 e. The number of rotatable bonds is 5. The van der Waals surface area contributed by atoms with Crippen LogP contribution in [0.5, 0.6) is 0 Å². The van der Waals surface area contributed by atoms with Gasteiger partial charge in [-0.1, -0.05) is 13.3 Å². The maximum absolute atomic E-state index is 12.1. The van der Waals surface area contributed by atoms with E-state index in [1.165, 1.54) is 12.8 Å². The maximum atomic E-state index is 12.1. The van der Waals surface area contributed by atoms with Gasteiger partial charge in [0, 0.05) is 19.8 Å².